The Labute approximate surface area is 124 Å². The first kappa shape index (κ1) is 19.3. The molecule has 2 atom stereocenters. The van der Waals surface area contributed by atoms with Crippen LogP contribution in [0.25, 0.3) is 0 Å². The molecule has 19 heavy (non-hydrogen) atoms. The minimum Gasteiger partial charge on any atom is -0.285 e. The third kappa shape index (κ3) is 14.5. The lowest BCUT2D eigenvalue weighted by atomic mass is 10.0. The number of hydrogen-bond donors (Lipinski definition) is 1. The molecule has 2 unspecified atom stereocenters. The van der Waals surface area contributed by atoms with Gasteiger partial charge in [-0.1, -0.05) is 71.6 Å². The number of hydrogen-bond acceptors (Lipinski definition) is 3. The Morgan fingerprint density at radius 1 is 0.947 bits per heavy atom. The number of rotatable bonds is 13. The summed E-state index contributed by atoms with van der Waals surface area (Å²) < 4.78 is 25.4. The maximum atomic E-state index is 11.2. The maximum absolute atomic E-state index is 11.2. The molecule has 0 saturated carbocycles. The van der Waals surface area contributed by atoms with Crippen molar-refractivity contribution in [3.63, 3.8) is 0 Å². The molecular formula is C14H30O3S2. The summed E-state index contributed by atoms with van der Waals surface area (Å²) in [6.45, 7) is 4.36. The van der Waals surface area contributed by atoms with Gasteiger partial charge in [0.2, 0.25) is 0 Å². The Hall–Kier alpha value is 0.290. The molecule has 0 heterocycles. The van der Waals surface area contributed by atoms with Crippen LogP contribution in [0, 0.1) is 0 Å². The van der Waals surface area contributed by atoms with Gasteiger partial charge in [-0.2, -0.15) is 4.21 Å². The van der Waals surface area contributed by atoms with Crippen molar-refractivity contribution in [3.05, 3.63) is 0 Å². The Bertz CT molecular complexity index is 289. The van der Waals surface area contributed by atoms with Gasteiger partial charge in [0, 0.05) is 11.2 Å². The van der Waals surface area contributed by atoms with Crippen molar-refractivity contribution >= 4 is 20.2 Å². The highest BCUT2D eigenvalue weighted by Crippen LogP contribution is 2.17. The Morgan fingerprint density at radius 2 is 1.37 bits per heavy atom. The quantitative estimate of drug-likeness (QED) is 0.495. The van der Waals surface area contributed by atoms with E-state index in [2.05, 4.69) is 25.0 Å². The van der Waals surface area contributed by atoms with Gasteiger partial charge < -0.3 is 0 Å². The van der Waals surface area contributed by atoms with Crippen LogP contribution >= 0.6 is 0 Å². The second kappa shape index (κ2) is 12.1. The zero-order valence-corrected chi connectivity index (χ0v) is 14.1. The van der Waals surface area contributed by atoms with E-state index in [1.165, 1.54) is 38.5 Å². The molecule has 0 saturated heterocycles. The van der Waals surface area contributed by atoms with Crippen LogP contribution in [0.3, 0.4) is 0 Å². The third-order valence-corrected chi connectivity index (χ3v) is 4.02. The summed E-state index contributed by atoms with van der Waals surface area (Å²) in [7, 11) is -3.48. The summed E-state index contributed by atoms with van der Waals surface area (Å²) in [6.07, 6.45) is 12.1. The van der Waals surface area contributed by atoms with Gasteiger partial charge in [0.1, 0.15) is 0 Å². The zero-order valence-electron chi connectivity index (χ0n) is 12.4. The highest BCUT2D eigenvalue weighted by atomic mass is 32.9. The minimum absolute atomic E-state index is 0.145. The van der Waals surface area contributed by atoms with Gasteiger partial charge in [-0.05, 0) is 12.8 Å². The summed E-state index contributed by atoms with van der Waals surface area (Å²) >= 11 is 4.44. The molecule has 3 nitrogen and oxygen atoms in total. The van der Waals surface area contributed by atoms with Crippen LogP contribution in [-0.2, 0) is 24.4 Å². The van der Waals surface area contributed by atoms with E-state index in [-0.39, 0.29) is 6.10 Å². The lowest BCUT2D eigenvalue weighted by Crippen LogP contribution is -2.17. The summed E-state index contributed by atoms with van der Waals surface area (Å²) in [4.78, 5) is 0. The summed E-state index contributed by atoms with van der Waals surface area (Å²) in [5.41, 5.74) is 0. The first-order chi connectivity index (χ1) is 8.99. The van der Waals surface area contributed by atoms with E-state index >= 15 is 0 Å². The standard InChI is InChI=1S/C14H30O3S2/c1-3-5-7-9-11-13-14(17-19(15,16)18)12-10-8-6-4-2/h14H,3-13H2,1-2H3,(H,15,16,18). The fraction of sp³-hybridized carbons (Fsp3) is 1.00. The molecule has 0 fully saturated rings. The average molecular weight is 311 g/mol. The van der Waals surface area contributed by atoms with E-state index in [4.69, 9.17) is 8.74 Å². The highest BCUT2D eigenvalue weighted by molar-refractivity contribution is 8.27. The Balaban J connectivity index is 3.90. The molecular weight excluding hydrogens is 280 g/mol. The van der Waals surface area contributed by atoms with Gasteiger partial charge in [0.15, 0.2) is 0 Å². The molecule has 0 aromatic rings. The van der Waals surface area contributed by atoms with Crippen molar-refractivity contribution in [3.8, 4) is 0 Å². The van der Waals surface area contributed by atoms with Gasteiger partial charge in [-0.15, -0.1) is 0 Å². The lowest BCUT2D eigenvalue weighted by Gasteiger charge is -2.16. The first-order valence-corrected chi connectivity index (χ1v) is 10.0. The largest absolute Gasteiger partial charge is 0.285 e. The Morgan fingerprint density at radius 3 is 1.79 bits per heavy atom. The lowest BCUT2D eigenvalue weighted by molar-refractivity contribution is 0.174. The second-order valence-corrected chi connectivity index (χ2v) is 7.51. The van der Waals surface area contributed by atoms with Gasteiger partial charge in [-0.25, -0.2) is 0 Å². The van der Waals surface area contributed by atoms with Crippen molar-refractivity contribution < 1.29 is 12.9 Å². The first-order valence-electron chi connectivity index (χ1n) is 7.65. The van der Waals surface area contributed by atoms with Crippen LogP contribution in [0.4, 0.5) is 0 Å². The molecule has 0 bridgehead atoms. The topological polar surface area (TPSA) is 46.5 Å². The summed E-state index contributed by atoms with van der Waals surface area (Å²) in [5, 5.41) is 0. The van der Waals surface area contributed by atoms with Crippen molar-refractivity contribution in [2.75, 3.05) is 0 Å². The van der Waals surface area contributed by atoms with Crippen molar-refractivity contribution in [2.45, 2.75) is 90.6 Å². The van der Waals surface area contributed by atoms with E-state index in [0.717, 1.165) is 32.1 Å². The molecule has 0 aliphatic rings. The predicted octanol–water partition coefficient (Wildman–Crippen LogP) is 4.84. The fourth-order valence-corrected chi connectivity index (χ4v) is 3.06. The van der Waals surface area contributed by atoms with Crippen LogP contribution in [0.5, 0.6) is 0 Å². The second-order valence-electron chi connectivity index (χ2n) is 5.20. The van der Waals surface area contributed by atoms with E-state index in [1.807, 2.05) is 0 Å². The highest BCUT2D eigenvalue weighted by Gasteiger charge is 2.14. The molecule has 0 radical (unpaired) electrons. The monoisotopic (exact) mass is 310 g/mol. The predicted molar refractivity (Wildman–Crippen MR) is 85.1 cm³/mol. The van der Waals surface area contributed by atoms with Crippen LogP contribution in [0.15, 0.2) is 0 Å². The summed E-state index contributed by atoms with van der Waals surface area (Å²) in [5.74, 6) is 0. The minimum atomic E-state index is -3.48. The molecule has 0 aromatic carbocycles. The number of unbranched alkanes of at least 4 members (excludes halogenated alkanes) is 7. The van der Waals surface area contributed by atoms with E-state index in [1.54, 1.807) is 0 Å². The van der Waals surface area contributed by atoms with E-state index in [9.17, 15) is 4.21 Å². The molecule has 0 spiro atoms. The molecule has 0 aliphatic carbocycles. The molecule has 5 heteroatoms. The van der Waals surface area contributed by atoms with Crippen LogP contribution in [0.1, 0.15) is 84.5 Å². The molecule has 116 valence electrons. The average Bonchev–Trinajstić information content (AvgIpc) is 2.32. The summed E-state index contributed by atoms with van der Waals surface area (Å²) in [6, 6.07) is 0. The van der Waals surface area contributed by atoms with Crippen LogP contribution in [-0.4, -0.2) is 14.9 Å². The molecule has 1 N–H and O–H groups in total. The van der Waals surface area contributed by atoms with Crippen LogP contribution < -0.4 is 0 Å². The molecule has 0 amide bonds. The van der Waals surface area contributed by atoms with E-state index in [0.29, 0.717) is 0 Å². The smallest absolute Gasteiger partial charge is 0.266 e. The van der Waals surface area contributed by atoms with Gasteiger partial charge in [0.05, 0.1) is 6.10 Å². The third-order valence-electron chi connectivity index (χ3n) is 3.27. The van der Waals surface area contributed by atoms with E-state index < -0.39 is 9.05 Å². The SMILES string of the molecule is CCCCCCCC(CCCCCC)OS(=O)(O)=S. The zero-order chi connectivity index (χ0) is 14.6. The molecule has 0 aromatic heterocycles. The Kier molecular flexibility index (Phi) is 12.2. The van der Waals surface area contributed by atoms with Gasteiger partial charge >= 0.3 is 0 Å². The van der Waals surface area contributed by atoms with Gasteiger partial charge in [0.25, 0.3) is 9.05 Å². The molecule has 0 aliphatic heterocycles. The van der Waals surface area contributed by atoms with Crippen LogP contribution in [0.2, 0.25) is 0 Å². The fourth-order valence-electron chi connectivity index (χ4n) is 2.19. The molecule has 0 rings (SSSR count). The van der Waals surface area contributed by atoms with Crippen molar-refractivity contribution in [1.82, 2.24) is 0 Å². The maximum Gasteiger partial charge on any atom is 0.266 e. The van der Waals surface area contributed by atoms with Gasteiger partial charge in [-0.3, -0.25) is 8.74 Å². The van der Waals surface area contributed by atoms with Crippen molar-refractivity contribution in [1.29, 1.82) is 0 Å². The van der Waals surface area contributed by atoms with Crippen molar-refractivity contribution in [2.24, 2.45) is 0 Å². The normalized spacial score (nSPS) is 16.2.